The van der Waals surface area contributed by atoms with Gasteiger partial charge in [-0.2, -0.15) is 0 Å². The molecule has 0 aliphatic carbocycles. The van der Waals surface area contributed by atoms with Gasteiger partial charge >= 0.3 is 0 Å². The summed E-state index contributed by atoms with van der Waals surface area (Å²) in [7, 11) is 0. The van der Waals surface area contributed by atoms with Crippen molar-refractivity contribution in [3.63, 3.8) is 0 Å². The lowest BCUT2D eigenvalue weighted by molar-refractivity contribution is 0.0872. The number of nitrogens with one attached hydrogen (secondary N) is 2. The van der Waals surface area contributed by atoms with Crippen LogP contribution in [0.15, 0.2) is 18.2 Å². The van der Waals surface area contributed by atoms with Crippen molar-refractivity contribution in [1.82, 2.24) is 5.32 Å². The highest BCUT2D eigenvalue weighted by Crippen LogP contribution is 2.25. The molecular weight excluding hydrogens is 240 g/mol. The molecule has 104 valence electrons. The Kier molecular flexibility index (Phi) is 4.80. The maximum atomic E-state index is 12.3. The fourth-order valence-electron chi connectivity index (χ4n) is 2.34. The third-order valence-electron chi connectivity index (χ3n) is 3.27. The Hall–Kier alpha value is -1.55. The molecule has 1 amide bonds. The highest BCUT2D eigenvalue weighted by atomic mass is 16.5. The van der Waals surface area contributed by atoms with Crippen LogP contribution in [-0.4, -0.2) is 31.7 Å². The highest BCUT2D eigenvalue weighted by Gasteiger charge is 2.18. The number of benzene rings is 1. The van der Waals surface area contributed by atoms with Crippen molar-refractivity contribution in [3.05, 3.63) is 29.3 Å². The maximum absolute atomic E-state index is 12.3. The molecule has 1 heterocycles. The first-order chi connectivity index (χ1) is 9.22. The van der Waals surface area contributed by atoms with Crippen molar-refractivity contribution in [2.24, 2.45) is 0 Å². The lowest BCUT2D eigenvalue weighted by atomic mass is 9.99. The second-order valence-corrected chi connectivity index (χ2v) is 4.90. The molecule has 0 saturated heterocycles. The van der Waals surface area contributed by atoms with Crippen LogP contribution < -0.4 is 10.6 Å². The predicted molar refractivity (Wildman–Crippen MR) is 76.7 cm³/mol. The molecule has 2 N–H and O–H groups in total. The zero-order chi connectivity index (χ0) is 13.7. The zero-order valence-electron chi connectivity index (χ0n) is 11.7. The molecule has 1 aliphatic heterocycles. The quantitative estimate of drug-likeness (QED) is 0.855. The number of fused-ring (bicyclic) bond motifs is 1. The van der Waals surface area contributed by atoms with Gasteiger partial charge in [-0.3, -0.25) is 4.79 Å². The molecule has 0 bridgehead atoms. The van der Waals surface area contributed by atoms with Crippen LogP contribution in [0.3, 0.4) is 0 Å². The van der Waals surface area contributed by atoms with Gasteiger partial charge in [0.2, 0.25) is 0 Å². The topological polar surface area (TPSA) is 50.4 Å². The van der Waals surface area contributed by atoms with Gasteiger partial charge in [-0.05, 0) is 38.3 Å². The lowest BCUT2D eigenvalue weighted by Crippen LogP contribution is -2.36. The second-order valence-electron chi connectivity index (χ2n) is 4.90. The van der Waals surface area contributed by atoms with E-state index < -0.39 is 0 Å². The standard InChI is InChI=1S/C15H22N2O2/c1-3-19-10-11(2)17-15(18)13-8-4-6-12-7-5-9-16-14(12)13/h4,6,8,11,16H,3,5,7,9-10H2,1-2H3,(H,17,18). The molecule has 0 aromatic heterocycles. The Balaban J connectivity index is 2.07. The number of rotatable bonds is 5. The Morgan fingerprint density at radius 2 is 2.37 bits per heavy atom. The van der Waals surface area contributed by atoms with Gasteiger partial charge in [-0.15, -0.1) is 0 Å². The summed E-state index contributed by atoms with van der Waals surface area (Å²) in [4.78, 5) is 12.3. The van der Waals surface area contributed by atoms with Crippen LogP contribution in [0.2, 0.25) is 0 Å². The normalized spacial score (nSPS) is 15.3. The summed E-state index contributed by atoms with van der Waals surface area (Å²) < 4.78 is 5.31. The van der Waals surface area contributed by atoms with Crippen LogP contribution >= 0.6 is 0 Å². The smallest absolute Gasteiger partial charge is 0.253 e. The molecule has 1 atom stereocenters. The Labute approximate surface area is 114 Å². The number of carbonyl (C=O) groups is 1. The van der Waals surface area contributed by atoms with Crippen LogP contribution in [0, 0.1) is 0 Å². The van der Waals surface area contributed by atoms with Crippen LogP contribution in [0.1, 0.15) is 36.2 Å². The first-order valence-corrected chi connectivity index (χ1v) is 6.96. The van der Waals surface area contributed by atoms with Gasteiger partial charge in [-0.25, -0.2) is 0 Å². The number of anilines is 1. The first-order valence-electron chi connectivity index (χ1n) is 6.96. The number of amides is 1. The Morgan fingerprint density at radius 1 is 1.53 bits per heavy atom. The van der Waals surface area contributed by atoms with E-state index >= 15 is 0 Å². The van der Waals surface area contributed by atoms with Crippen molar-refractivity contribution >= 4 is 11.6 Å². The van der Waals surface area contributed by atoms with Crippen molar-refractivity contribution in [2.45, 2.75) is 32.7 Å². The number of hydrogen-bond donors (Lipinski definition) is 2. The zero-order valence-corrected chi connectivity index (χ0v) is 11.7. The van der Waals surface area contributed by atoms with Crippen molar-refractivity contribution < 1.29 is 9.53 Å². The number of hydrogen-bond acceptors (Lipinski definition) is 3. The summed E-state index contributed by atoms with van der Waals surface area (Å²) in [5, 5.41) is 6.31. The van der Waals surface area contributed by atoms with Crippen LogP contribution in [0.5, 0.6) is 0 Å². The highest BCUT2D eigenvalue weighted by molar-refractivity contribution is 6.00. The monoisotopic (exact) mass is 262 g/mol. The summed E-state index contributed by atoms with van der Waals surface area (Å²) in [5.74, 6) is -0.0292. The summed E-state index contributed by atoms with van der Waals surface area (Å²) >= 11 is 0. The Bertz CT molecular complexity index is 446. The van der Waals surface area contributed by atoms with Gasteiger partial charge in [0.25, 0.3) is 5.91 Å². The molecule has 0 saturated carbocycles. The minimum Gasteiger partial charge on any atom is -0.384 e. The average Bonchev–Trinajstić information content (AvgIpc) is 2.44. The third-order valence-corrected chi connectivity index (χ3v) is 3.27. The number of aryl methyl sites for hydroxylation is 1. The molecule has 4 heteroatoms. The molecule has 0 spiro atoms. The van der Waals surface area contributed by atoms with Crippen LogP contribution in [-0.2, 0) is 11.2 Å². The molecule has 19 heavy (non-hydrogen) atoms. The summed E-state index contributed by atoms with van der Waals surface area (Å²) in [6.45, 7) is 6.06. The molecule has 1 aromatic carbocycles. The van der Waals surface area contributed by atoms with E-state index in [-0.39, 0.29) is 11.9 Å². The number of ether oxygens (including phenoxy) is 1. The first kappa shape index (κ1) is 13.9. The van der Waals surface area contributed by atoms with E-state index in [1.807, 2.05) is 26.0 Å². The molecular formula is C15H22N2O2. The van der Waals surface area contributed by atoms with Crippen molar-refractivity contribution in [2.75, 3.05) is 25.1 Å². The molecule has 4 nitrogen and oxygen atoms in total. The average molecular weight is 262 g/mol. The largest absolute Gasteiger partial charge is 0.384 e. The Morgan fingerprint density at radius 3 is 3.16 bits per heavy atom. The second kappa shape index (κ2) is 6.57. The molecule has 1 aliphatic rings. The SMILES string of the molecule is CCOCC(C)NC(=O)c1cccc2c1NCCC2. The fourth-order valence-corrected chi connectivity index (χ4v) is 2.34. The summed E-state index contributed by atoms with van der Waals surface area (Å²) in [6.07, 6.45) is 2.16. The predicted octanol–water partition coefficient (Wildman–Crippen LogP) is 2.20. The number of carbonyl (C=O) groups excluding carboxylic acids is 1. The van der Waals surface area contributed by atoms with Gasteiger partial charge in [0.05, 0.1) is 17.9 Å². The van der Waals surface area contributed by atoms with Gasteiger partial charge in [0.15, 0.2) is 0 Å². The van der Waals surface area contributed by atoms with E-state index in [2.05, 4.69) is 16.7 Å². The van der Waals surface area contributed by atoms with Gasteiger partial charge in [0, 0.05) is 19.2 Å². The van der Waals surface area contributed by atoms with Crippen LogP contribution in [0.4, 0.5) is 5.69 Å². The van der Waals surface area contributed by atoms with E-state index in [9.17, 15) is 4.79 Å². The maximum Gasteiger partial charge on any atom is 0.253 e. The van der Waals surface area contributed by atoms with E-state index in [0.29, 0.717) is 13.2 Å². The minimum atomic E-state index is -0.0292. The van der Waals surface area contributed by atoms with E-state index in [4.69, 9.17) is 4.74 Å². The van der Waals surface area contributed by atoms with Gasteiger partial charge < -0.3 is 15.4 Å². The molecule has 1 unspecified atom stereocenters. The molecule has 2 rings (SSSR count). The molecule has 0 fully saturated rings. The lowest BCUT2D eigenvalue weighted by Gasteiger charge is -2.22. The fraction of sp³-hybridized carbons (Fsp3) is 0.533. The third kappa shape index (κ3) is 3.47. The van der Waals surface area contributed by atoms with Gasteiger partial charge in [-0.1, -0.05) is 12.1 Å². The van der Waals surface area contributed by atoms with Crippen molar-refractivity contribution in [3.8, 4) is 0 Å². The number of para-hydroxylation sites is 1. The summed E-state index contributed by atoms with van der Waals surface area (Å²) in [6, 6.07) is 5.93. The molecule has 1 aromatic rings. The van der Waals surface area contributed by atoms with Gasteiger partial charge in [0.1, 0.15) is 0 Å². The van der Waals surface area contributed by atoms with E-state index in [0.717, 1.165) is 30.6 Å². The van der Waals surface area contributed by atoms with E-state index in [1.165, 1.54) is 5.56 Å². The van der Waals surface area contributed by atoms with Crippen molar-refractivity contribution in [1.29, 1.82) is 0 Å². The summed E-state index contributed by atoms with van der Waals surface area (Å²) in [5.41, 5.74) is 2.96. The van der Waals surface area contributed by atoms with E-state index in [1.54, 1.807) is 0 Å². The molecule has 0 radical (unpaired) electrons. The van der Waals surface area contributed by atoms with Crippen LogP contribution in [0.25, 0.3) is 0 Å². The minimum absolute atomic E-state index is 0.0203.